The lowest BCUT2D eigenvalue weighted by Gasteiger charge is -2.18. The smallest absolute Gasteiger partial charge is 0.327 e. The standard InChI is InChI=1S/C13H12FN3O/c14-11-3-1-2-10(8-11)13(4-5-13)16-12(18)17-7-6-15-9-17/h1-3,6-9H,4-5H2,(H,16,18). The van der Waals surface area contributed by atoms with Crippen molar-refractivity contribution < 1.29 is 9.18 Å². The van der Waals surface area contributed by atoms with Crippen LogP contribution in [0.5, 0.6) is 0 Å². The molecule has 1 aliphatic rings. The van der Waals surface area contributed by atoms with Crippen molar-refractivity contribution in [3.05, 3.63) is 54.4 Å². The Bertz CT molecular complexity index is 576. The van der Waals surface area contributed by atoms with Crippen LogP contribution in [0.4, 0.5) is 9.18 Å². The summed E-state index contributed by atoms with van der Waals surface area (Å²) >= 11 is 0. The van der Waals surface area contributed by atoms with Crippen LogP contribution in [0.2, 0.25) is 0 Å². The van der Waals surface area contributed by atoms with Gasteiger partial charge in [0.1, 0.15) is 12.1 Å². The first-order chi connectivity index (χ1) is 8.70. The van der Waals surface area contributed by atoms with Gasteiger partial charge in [-0.25, -0.2) is 14.2 Å². The maximum Gasteiger partial charge on any atom is 0.327 e. The molecule has 0 aliphatic heterocycles. The van der Waals surface area contributed by atoms with E-state index in [4.69, 9.17) is 0 Å². The van der Waals surface area contributed by atoms with E-state index >= 15 is 0 Å². The molecular weight excluding hydrogens is 233 g/mol. The Morgan fingerprint density at radius 1 is 1.44 bits per heavy atom. The van der Waals surface area contributed by atoms with Crippen molar-refractivity contribution >= 4 is 6.03 Å². The van der Waals surface area contributed by atoms with Gasteiger partial charge in [-0.2, -0.15) is 0 Å². The highest BCUT2D eigenvalue weighted by Crippen LogP contribution is 2.45. The Morgan fingerprint density at radius 3 is 2.89 bits per heavy atom. The van der Waals surface area contributed by atoms with Crippen LogP contribution in [0.3, 0.4) is 0 Å². The van der Waals surface area contributed by atoms with Gasteiger partial charge in [-0.1, -0.05) is 12.1 Å². The van der Waals surface area contributed by atoms with Crippen LogP contribution in [0.25, 0.3) is 0 Å². The number of nitrogens with zero attached hydrogens (tertiary/aromatic N) is 2. The van der Waals surface area contributed by atoms with Crippen LogP contribution in [0, 0.1) is 5.82 Å². The van der Waals surface area contributed by atoms with Gasteiger partial charge in [-0.3, -0.25) is 4.57 Å². The fraction of sp³-hybridized carbons (Fsp3) is 0.231. The van der Waals surface area contributed by atoms with Gasteiger partial charge in [0.15, 0.2) is 0 Å². The molecule has 1 aliphatic carbocycles. The van der Waals surface area contributed by atoms with Crippen LogP contribution in [-0.4, -0.2) is 15.6 Å². The molecule has 1 N–H and O–H groups in total. The molecule has 0 saturated heterocycles. The third kappa shape index (κ3) is 1.88. The van der Waals surface area contributed by atoms with Crippen molar-refractivity contribution in [1.29, 1.82) is 0 Å². The molecule has 5 heteroatoms. The molecule has 1 saturated carbocycles. The number of benzene rings is 1. The summed E-state index contributed by atoms with van der Waals surface area (Å²) in [4.78, 5) is 15.8. The molecule has 1 fully saturated rings. The zero-order valence-electron chi connectivity index (χ0n) is 9.64. The Labute approximate surface area is 103 Å². The molecule has 1 heterocycles. The largest absolute Gasteiger partial charge is 0.328 e. The number of carbonyl (C=O) groups excluding carboxylic acids is 1. The maximum atomic E-state index is 13.2. The van der Waals surface area contributed by atoms with Crippen molar-refractivity contribution in [2.24, 2.45) is 0 Å². The molecule has 1 aromatic heterocycles. The van der Waals surface area contributed by atoms with Gasteiger partial charge in [-0.15, -0.1) is 0 Å². The van der Waals surface area contributed by atoms with Gasteiger partial charge in [0, 0.05) is 12.4 Å². The molecule has 1 amide bonds. The summed E-state index contributed by atoms with van der Waals surface area (Å²) in [6.07, 6.45) is 6.23. The number of hydrogen-bond acceptors (Lipinski definition) is 2. The van der Waals surface area contributed by atoms with Crippen molar-refractivity contribution in [1.82, 2.24) is 14.9 Å². The average molecular weight is 245 g/mol. The monoisotopic (exact) mass is 245 g/mol. The van der Waals surface area contributed by atoms with E-state index in [-0.39, 0.29) is 11.8 Å². The molecule has 0 unspecified atom stereocenters. The van der Waals surface area contributed by atoms with E-state index in [0.29, 0.717) is 0 Å². The lowest BCUT2D eigenvalue weighted by atomic mass is 10.1. The molecule has 0 radical (unpaired) electrons. The highest BCUT2D eigenvalue weighted by molar-refractivity contribution is 5.78. The molecule has 3 rings (SSSR count). The molecule has 1 aromatic carbocycles. The number of rotatable bonds is 2. The fourth-order valence-electron chi connectivity index (χ4n) is 2.05. The highest BCUT2D eigenvalue weighted by Gasteiger charge is 2.46. The summed E-state index contributed by atoms with van der Waals surface area (Å²) in [5, 5.41) is 2.93. The number of aromatic nitrogens is 2. The number of carbonyl (C=O) groups is 1. The third-order valence-electron chi connectivity index (χ3n) is 3.21. The van der Waals surface area contributed by atoms with Gasteiger partial charge in [-0.05, 0) is 30.5 Å². The minimum Gasteiger partial charge on any atom is -0.328 e. The summed E-state index contributed by atoms with van der Waals surface area (Å²) in [5.41, 5.74) is 0.402. The van der Waals surface area contributed by atoms with E-state index in [1.807, 2.05) is 6.07 Å². The highest BCUT2D eigenvalue weighted by atomic mass is 19.1. The summed E-state index contributed by atoms with van der Waals surface area (Å²) < 4.78 is 14.6. The summed E-state index contributed by atoms with van der Waals surface area (Å²) in [6.45, 7) is 0. The van der Waals surface area contributed by atoms with E-state index in [1.54, 1.807) is 18.5 Å². The quantitative estimate of drug-likeness (QED) is 0.882. The predicted octanol–water partition coefficient (Wildman–Crippen LogP) is 2.27. The summed E-state index contributed by atoms with van der Waals surface area (Å²) in [5.74, 6) is -0.282. The minimum absolute atomic E-state index is 0.241. The van der Waals surface area contributed by atoms with Gasteiger partial charge < -0.3 is 5.32 Å². The molecule has 4 nitrogen and oxygen atoms in total. The molecule has 18 heavy (non-hydrogen) atoms. The first kappa shape index (κ1) is 11.0. The van der Waals surface area contributed by atoms with E-state index in [1.165, 1.54) is 23.0 Å². The lowest BCUT2D eigenvalue weighted by molar-refractivity contribution is 0.237. The topological polar surface area (TPSA) is 46.9 Å². The van der Waals surface area contributed by atoms with Gasteiger partial charge in [0.25, 0.3) is 0 Å². The summed E-state index contributed by atoms with van der Waals surface area (Å²) in [7, 11) is 0. The first-order valence-electron chi connectivity index (χ1n) is 5.76. The number of amides is 1. The molecule has 0 atom stereocenters. The van der Waals surface area contributed by atoms with Gasteiger partial charge >= 0.3 is 6.03 Å². The van der Waals surface area contributed by atoms with E-state index in [2.05, 4.69) is 10.3 Å². The maximum absolute atomic E-state index is 13.2. The van der Waals surface area contributed by atoms with Crippen LogP contribution in [0.15, 0.2) is 43.0 Å². The zero-order valence-corrected chi connectivity index (χ0v) is 9.64. The molecule has 2 aromatic rings. The van der Waals surface area contributed by atoms with Crippen molar-refractivity contribution in [3.8, 4) is 0 Å². The van der Waals surface area contributed by atoms with E-state index < -0.39 is 5.54 Å². The molecular formula is C13H12FN3O. The van der Waals surface area contributed by atoms with Crippen LogP contribution in [-0.2, 0) is 5.54 Å². The Balaban J connectivity index is 1.82. The first-order valence-corrected chi connectivity index (χ1v) is 5.76. The zero-order chi connectivity index (χ0) is 12.6. The van der Waals surface area contributed by atoms with Crippen molar-refractivity contribution in [2.75, 3.05) is 0 Å². The van der Waals surface area contributed by atoms with Crippen molar-refractivity contribution in [3.63, 3.8) is 0 Å². The van der Waals surface area contributed by atoms with E-state index in [0.717, 1.165) is 18.4 Å². The molecule has 0 spiro atoms. The Morgan fingerprint density at radius 2 is 2.28 bits per heavy atom. The minimum atomic E-state index is -0.413. The van der Waals surface area contributed by atoms with Gasteiger partial charge in [0.05, 0.1) is 5.54 Å². The number of nitrogens with one attached hydrogen (secondary N) is 1. The SMILES string of the molecule is O=C(NC1(c2cccc(F)c2)CC1)n1ccnc1. The predicted molar refractivity (Wildman–Crippen MR) is 63.5 cm³/mol. The number of halogens is 1. The third-order valence-corrected chi connectivity index (χ3v) is 3.21. The van der Waals surface area contributed by atoms with Crippen molar-refractivity contribution in [2.45, 2.75) is 18.4 Å². The Hall–Kier alpha value is -2.17. The molecule has 92 valence electrons. The summed E-state index contributed by atoms with van der Waals surface area (Å²) in [6, 6.07) is 6.13. The van der Waals surface area contributed by atoms with Crippen LogP contribution >= 0.6 is 0 Å². The second-order valence-corrected chi connectivity index (χ2v) is 4.49. The second-order valence-electron chi connectivity index (χ2n) is 4.49. The van der Waals surface area contributed by atoms with Crippen LogP contribution < -0.4 is 5.32 Å². The number of imidazole rings is 1. The number of hydrogen-bond donors (Lipinski definition) is 1. The van der Waals surface area contributed by atoms with Gasteiger partial charge in [0.2, 0.25) is 0 Å². The fourth-order valence-corrected chi connectivity index (χ4v) is 2.05. The second kappa shape index (κ2) is 3.94. The molecule has 0 bridgehead atoms. The average Bonchev–Trinajstić information content (AvgIpc) is 2.93. The lowest BCUT2D eigenvalue weighted by Crippen LogP contribution is -2.37. The van der Waals surface area contributed by atoms with Crippen LogP contribution in [0.1, 0.15) is 18.4 Å². The normalized spacial score (nSPS) is 16.3. The Kier molecular flexibility index (Phi) is 2.40. The van der Waals surface area contributed by atoms with E-state index in [9.17, 15) is 9.18 Å².